The minimum Gasteiger partial charge on any atom is -0.397 e. The van der Waals surface area contributed by atoms with E-state index in [0.29, 0.717) is 0 Å². The van der Waals surface area contributed by atoms with Gasteiger partial charge in [0.15, 0.2) is 0 Å². The molecule has 0 bridgehead atoms. The highest BCUT2D eigenvalue weighted by molar-refractivity contribution is 5.75. The number of hydrogen-bond donors (Lipinski definition) is 1. The summed E-state index contributed by atoms with van der Waals surface area (Å²) in [7, 11) is 0. The van der Waals surface area contributed by atoms with Gasteiger partial charge in [0.1, 0.15) is 0 Å². The van der Waals surface area contributed by atoms with Crippen LogP contribution in [0.3, 0.4) is 0 Å². The number of hydrogen-bond acceptors (Lipinski definition) is 1. The third-order valence-electron chi connectivity index (χ3n) is 0. The van der Waals surface area contributed by atoms with E-state index in [1.807, 2.05) is 13.8 Å². The van der Waals surface area contributed by atoms with Crippen molar-refractivity contribution in [3.05, 3.63) is 0 Å². The second-order valence-corrected chi connectivity index (χ2v) is 0.316. The fourth-order valence-corrected chi connectivity index (χ4v) is 0. The Hall–Kier alpha value is 0.0249. The summed E-state index contributed by atoms with van der Waals surface area (Å²) in [6.07, 6.45) is 0. The quantitative estimate of drug-likeness (QED) is 0.458. The smallest absolute Gasteiger partial charge is 0.0402 e. The topological polar surface area (TPSA) is 20.2 Å². The summed E-state index contributed by atoms with van der Waals surface area (Å²) < 4.78 is 0. The summed E-state index contributed by atoms with van der Waals surface area (Å²) >= 11 is 0. The molecule has 0 aromatic rings. The van der Waals surface area contributed by atoms with Crippen molar-refractivity contribution in [3.8, 4) is 0 Å². The van der Waals surface area contributed by atoms with Gasteiger partial charge in [0.25, 0.3) is 0 Å². The maximum Gasteiger partial charge on any atom is 0.0402 e. The van der Waals surface area contributed by atoms with E-state index in [1.165, 1.54) is 0 Å². The molecule has 0 amide bonds. The first kappa shape index (κ1) is 27.9. The van der Waals surface area contributed by atoms with E-state index in [-0.39, 0.29) is 22.4 Å². The van der Waals surface area contributed by atoms with Crippen LogP contribution in [-0.2, 0) is 0 Å². The zero-order chi connectivity index (χ0) is 4.71. The maximum absolute atomic E-state index is 7.57. The van der Waals surface area contributed by atoms with E-state index in [4.69, 9.17) is 5.11 Å². The molecule has 45 valence electrons. The van der Waals surface area contributed by atoms with Crippen molar-refractivity contribution in [2.24, 2.45) is 0 Å². The van der Waals surface area contributed by atoms with Gasteiger partial charge in [-0.15, -0.1) is 0 Å². The molecule has 0 rings (SSSR count). The molecule has 0 fully saturated rings. The first-order valence-electron chi connectivity index (χ1n) is 2.02. The first-order chi connectivity index (χ1) is 2.41. The summed E-state index contributed by atoms with van der Waals surface area (Å²) in [6.45, 7) is 5.93. The molecule has 1 nitrogen and oxygen atoms in total. The zero-order valence-electron chi connectivity index (χ0n) is 4.73. The van der Waals surface area contributed by atoms with Crippen molar-refractivity contribution in [1.29, 1.82) is 0 Å². The summed E-state index contributed by atoms with van der Waals surface area (Å²) in [6, 6.07) is 0. The Kier molecular flexibility index (Phi) is 577. The molecule has 0 aliphatic carbocycles. The highest BCUT2D eigenvalue weighted by Gasteiger charge is 1.34. The van der Waals surface area contributed by atoms with Gasteiger partial charge in [0.2, 0.25) is 0 Å². The largest absolute Gasteiger partial charge is 0.397 e. The Morgan fingerprint density at radius 1 is 1.29 bits per heavy atom. The zero-order valence-corrected chi connectivity index (χ0v) is 4.73. The van der Waals surface area contributed by atoms with Crippen LogP contribution in [-0.4, -0.2) is 20.1 Å². The Morgan fingerprint density at radius 2 is 1.29 bits per heavy atom. The second-order valence-electron chi connectivity index (χ2n) is 0.316. The van der Waals surface area contributed by atoms with Crippen molar-refractivity contribution in [3.63, 3.8) is 0 Å². The fraction of sp³-hybridized carbons (Fsp3) is 1.00. The van der Waals surface area contributed by atoms with Crippen LogP contribution in [0, 0.1) is 0 Å². The molecule has 0 spiro atoms. The van der Waals surface area contributed by atoms with Gasteiger partial charge in [-0.3, -0.25) is 0 Å². The number of rotatable bonds is 0. The third-order valence-corrected chi connectivity index (χ3v) is 0. The van der Waals surface area contributed by atoms with Gasteiger partial charge in [0, 0.05) is 15.0 Å². The summed E-state index contributed by atoms with van der Waals surface area (Å²) in [5.41, 5.74) is 0. The van der Waals surface area contributed by atoms with E-state index in [2.05, 4.69) is 0 Å². The van der Waals surface area contributed by atoms with Crippen LogP contribution in [0.25, 0.3) is 0 Å². The summed E-state index contributed by atoms with van der Waals surface area (Å²) in [4.78, 5) is 0. The highest BCUT2D eigenvalue weighted by Crippen LogP contribution is 1.30. The predicted octanol–water partition coefficient (Wildman–Crippen LogP) is 1.28. The molecule has 0 aromatic heterocycles. The summed E-state index contributed by atoms with van der Waals surface area (Å²) in [5.74, 6) is 0. The van der Waals surface area contributed by atoms with Crippen LogP contribution in [0.1, 0.15) is 28.2 Å². The van der Waals surface area contributed by atoms with Crippen molar-refractivity contribution >= 4 is 8.41 Å². The monoisotopic (exact) mass is 103 g/mol. The second kappa shape index (κ2) is 145. The van der Waals surface area contributed by atoms with E-state index in [0.717, 1.165) is 0 Å². The van der Waals surface area contributed by atoms with Gasteiger partial charge in [-0.05, 0) is 6.92 Å². The van der Waals surface area contributed by atoms with Crippen LogP contribution in [0.4, 0.5) is 0 Å². The predicted molar refractivity (Wildman–Crippen MR) is 36.6 cm³/mol. The molecule has 7 heavy (non-hydrogen) atoms. The molecule has 0 unspecified atom stereocenters. The molecular formula is C5H16BO. The first-order valence-corrected chi connectivity index (χ1v) is 2.02. The van der Waals surface area contributed by atoms with Crippen LogP contribution in [0.15, 0.2) is 0 Å². The highest BCUT2D eigenvalue weighted by atomic mass is 16.2. The van der Waals surface area contributed by atoms with Crippen LogP contribution < -0.4 is 0 Å². The van der Waals surface area contributed by atoms with Crippen molar-refractivity contribution in [2.45, 2.75) is 28.2 Å². The minimum atomic E-state index is 0. The molecule has 2 heteroatoms. The van der Waals surface area contributed by atoms with Crippen LogP contribution in [0.2, 0.25) is 0 Å². The molecule has 0 saturated carbocycles. The van der Waals surface area contributed by atoms with E-state index < -0.39 is 0 Å². The molecule has 1 N–H and O–H groups in total. The molecule has 3 radical (unpaired) electrons. The molecule has 0 heterocycles. The lowest BCUT2D eigenvalue weighted by Gasteiger charge is -1.52. The van der Waals surface area contributed by atoms with E-state index >= 15 is 0 Å². The van der Waals surface area contributed by atoms with Gasteiger partial charge in [-0.2, -0.15) is 0 Å². The molecule has 0 aliphatic heterocycles. The fourth-order valence-electron chi connectivity index (χ4n) is 0. The average Bonchev–Trinajstić information content (AvgIpc) is 1.46. The van der Waals surface area contributed by atoms with Crippen LogP contribution in [0.5, 0.6) is 0 Å². The molecule has 0 atom stereocenters. The van der Waals surface area contributed by atoms with E-state index in [9.17, 15) is 0 Å². The Labute approximate surface area is 49.3 Å². The van der Waals surface area contributed by atoms with Gasteiger partial charge < -0.3 is 5.11 Å². The van der Waals surface area contributed by atoms with E-state index in [1.54, 1.807) is 6.92 Å². The SMILES string of the molecule is C.CC.CCO.[B]. The Balaban J connectivity index is -0.0000000105. The third kappa shape index (κ3) is 157000. The van der Waals surface area contributed by atoms with Crippen molar-refractivity contribution < 1.29 is 5.11 Å². The molecule has 0 aromatic carbocycles. The lowest BCUT2D eigenvalue weighted by Crippen LogP contribution is -1.57. The van der Waals surface area contributed by atoms with Gasteiger partial charge >= 0.3 is 0 Å². The maximum atomic E-state index is 7.57. The van der Waals surface area contributed by atoms with Gasteiger partial charge in [0.05, 0.1) is 0 Å². The average molecular weight is 103 g/mol. The molecular weight excluding hydrogens is 86.9 g/mol. The molecule has 0 aliphatic rings. The van der Waals surface area contributed by atoms with Crippen LogP contribution >= 0.6 is 0 Å². The van der Waals surface area contributed by atoms with Crippen molar-refractivity contribution in [2.75, 3.05) is 6.61 Å². The number of aliphatic hydroxyl groups excluding tert-OH is 1. The molecule has 0 saturated heterocycles. The minimum absolute atomic E-state index is 0. The lowest BCUT2D eigenvalue weighted by molar-refractivity contribution is 0.318. The van der Waals surface area contributed by atoms with Gasteiger partial charge in [-0.1, -0.05) is 21.3 Å². The number of aliphatic hydroxyl groups is 1. The lowest BCUT2D eigenvalue weighted by atomic mass is 10.8. The normalized spacial score (nSPS) is 3.43. The van der Waals surface area contributed by atoms with Gasteiger partial charge in [-0.25, -0.2) is 0 Å². The summed E-state index contributed by atoms with van der Waals surface area (Å²) in [5, 5.41) is 7.57. The Morgan fingerprint density at radius 3 is 1.29 bits per heavy atom. The Bertz CT molecular complexity index is 8.04. The standard InChI is InChI=1S/C2H6O.C2H6.CH4.B/c1-2-3;1-2;;/h3H,2H2,1H3;1-2H3;1H4;. The van der Waals surface area contributed by atoms with Crippen molar-refractivity contribution in [1.82, 2.24) is 0 Å².